The monoisotopic (exact) mass is 1110 g/mol. The standard InChI is InChI=1S/C62H41N9.Pt/c1-39-13-4-14-40(2)53(39)41-25-32-63-52(35-41)61(48-21-9-28-66-56(48)57-49(61)22-10-29-67-57)44-17-5-15-42(36-44)60(46-19-7-26-64-54(46)55-47(60)20-8-27-65-55)43-16-6-18-45(37-43)62(71-34-33-70(3)38-71)50-23-11-30-68-58(50)59-51(62)24-12-31-69-59;/h4-35H,1-3H3;/q-2;. The van der Waals surface area contributed by atoms with Gasteiger partial charge in [0.2, 0.25) is 6.33 Å². The second-order valence-electron chi connectivity index (χ2n) is 18.6. The predicted octanol–water partition coefficient (Wildman–Crippen LogP) is 10.3. The zero-order valence-corrected chi connectivity index (χ0v) is 41.6. The number of fused-ring (bicyclic) bond motifs is 9. The fraction of sp³-hybridized carbons (Fsp3) is 0.0968. The van der Waals surface area contributed by atoms with Crippen LogP contribution in [-0.2, 0) is 44.5 Å². The van der Waals surface area contributed by atoms with Crippen molar-refractivity contribution in [2.75, 3.05) is 0 Å². The van der Waals surface area contributed by atoms with Gasteiger partial charge < -0.3 is 9.13 Å². The molecule has 0 aliphatic heterocycles. The SMILES string of the molecule is Cc1cccc(C)c1-c1ccnc(C2(c3[c-]c(C4(c5[c-]c(C6(n7[c-][n+](C)cc7)c7cccnc7-c7ncccc76)ccc5)c5cccnc5-c5ncccc54)ccc3)c3cccnc3-c3ncccc32)c1.[Pt]. The number of benzene rings is 3. The Hall–Kier alpha value is -8.39. The maximum absolute atomic E-state index is 5.34. The fourth-order valence-electron chi connectivity index (χ4n) is 12.4. The molecule has 3 aliphatic carbocycles. The van der Waals surface area contributed by atoms with E-state index in [1.165, 1.54) is 16.7 Å². The van der Waals surface area contributed by atoms with E-state index in [1.807, 2.05) is 97.6 Å². The third-order valence-electron chi connectivity index (χ3n) is 15.1. The van der Waals surface area contributed by atoms with Crippen LogP contribution in [0.15, 0.2) is 195 Å². The van der Waals surface area contributed by atoms with Crippen LogP contribution in [0.3, 0.4) is 0 Å². The maximum atomic E-state index is 5.34. The molecule has 0 fully saturated rings. The molecule has 0 amide bonds. The zero-order valence-electron chi connectivity index (χ0n) is 39.3. The second-order valence-corrected chi connectivity index (χ2v) is 18.6. The molecule has 0 unspecified atom stereocenters. The number of aryl methyl sites for hydroxylation is 3. The van der Waals surface area contributed by atoms with Crippen molar-refractivity contribution in [3.8, 4) is 45.3 Å². The van der Waals surface area contributed by atoms with Crippen molar-refractivity contribution in [1.29, 1.82) is 0 Å². The third kappa shape index (κ3) is 5.74. The summed E-state index contributed by atoms with van der Waals surface area (Å²) >= 11 is 0. The van der Waals surface area contributed by atoms with Crippen LogP contribution >= 0.6 is 0 Å². The number of hydrogen-bond acceptors (Lipinski definition) is 7. The first-order chi connectivity index (χ1) is 34.9. The molecule has 0 radical (unpaired) electrons. The van der Waals surface area contributed by atoms with Gasteiger partial charge in [0.25, 0.3) is 0 Å². The summed E-state index contributed by atoms with van der Waals surface area (Å²) in [5, 5.41) is 0. The van der Waals surface area contributed by atoms with E-state index in [1.54, 1.807) is 0 Å². The molecule has 0 atom stereocenters. The molecule has 346 valence electrons. The molecular weight excluding hydrogens is 1070 g/mol. The normalized spacial score (nSPS) is 14.5. The number of nitrogens with zero attached hydrogens (tertiary/aromatic N) is 9. The number of pyridine rings is 7. The Morgan fingerprint density at radius 2 is 0.833 bits per heavy atom. The molecular formula is C62H41N9Pt-2. The summed E-state index contributed by atoms with van der Waals surface area (Å²) in [5.41, 5.74) is 17.1. The largest absolute Gasteiger partial charge is 0.354 e. The minimum Gasteiger partial charge on any atom is -0.354 e. The summed E-state index contributed by atoms with van der Waals surface area (Å²) in [6.45, 7) is 4.35. The van der Waals surface area contributed by atoms with Crippen molar-refractivity contribution in [3.63, 3.8) is 0 Å². The summed E-state index contributed by atoms with van der Waals surface area (Å²) in [4.78, 5) is 35.6. The van der Waals surface area contributed by atoms with Gasteiger partial charge in [0, 0.05) is 81.0 Å². The molecule has 0 N–H and O–H groups in total. The van der Waals surface area contributed by atoms with Gasteiger partial charge in [-0.2, -0.15) is 48.5 Å². The van der Waals surface area contributed by atoms with Crippen LogP contribution in [0.4, 0.5) is 0 Å². The van der Waals surface area contributed by atoms with Crippen molar-refractivity contribution in [2.45, 2.75) is 30.2 Å². The van der Waals surface area contributed by atoms with Crippen LogP contribution < -0.4 is 4.57 Å². The number of rotatable bonds is 7. The number of aromatic nitrogens is 9. The minimum absolute atomic E-state index is 0. The van der Waals surface area contributed by atoms with Crippen LogP contribution in [0.1, 0.15) is 72.5 Å². The Morgan fingerprint density at radius 1 is 0.431 bits per heavy atom. The number of hydrogen-bond donors (Lipinski definition) is 0. The van der Waals surface area contributed by atoms with Crippen LogP contribution in [-0.4, -0.2) is 39.5 Å². The molecule has 3 aromatic carbocycles. The zero-order chi connectivity index (χ0) is 47.5. The van der Waals surface area contributed by atoms with Gasteiger partial charge in [-0.3, -0.25) is 34.9 Å². The Bertz CT molecular complexity index is 3830. The molecule has 8 aromatic heterocycles. The Labute approximate surface area is 431 Å². The van der Waals surface area contributed by atoms with Gasteiger partial charge in [-0.25, -0.2) is 0 Å². The molecule has 10 heteroatoms. The van der Waals surface area contributed by atoms with Crippen molar-refractivity contribution < 1.29 is 25.6 Å². The van der Waals surface area contributed by atoms with E-state index >= 15 is 0 Å². The third-order valence-corrected chi connectivity index (χ3v) is 15.1. The van der Waals surface area contributed by atoms with Gasteiger partial charge in [-0.1, -0.05) is 54.6 Å². The smallest absolute Gasteiger partial charge is 0.204 e. The molecule has 11 aromatic rings. The van der Waals surface area contributed by atoms with E-state index in [0.717, 1.165) is 101 Å². The topological polar surface area (TPSA) is 99.0 Å². The van der Waals surface area contributed by atoms with Gasteiger partial charge in [0.1, 0.15) is 5.54 Å². The molecule has 0 saturated heterocycles. The minimum atomic E-state index is -1.01. The Kier molecular flexibility index (Phi) is 9.90. The molecule has 9 nitrogen and oxygen atoms in total. The molecule has 14 rings (SSSR count). The van der Waals surface area contributed by atoms with Crippen LogP contribution in [0, 0.1) is 32.3 Å². The maximum Gasteiger partial charge on any atom is 0.204 e. The van der Waals surface area contributed by atoms with Crippen molar-refractivity contribution in [2.24, 2.45) is 7.05 Å². The van der Waals surface area contributed by atoms with Crippen LogP contribution in [0.2, 0.25) is 0 Å². The molecule has 0 spiro atoms. The van der Waals surface area contributed by atoms with Gasteiger partial charge in [-0.05, 0) is 119 Å². The molecule has 8 heterocycles. The van der Waals surface area contributed by atoms with Crippen molar-refractivity contribution in [1.82, 2.24) is 39.5 Å². The van der Waals surface area contributed by atoms with E-state index < -0.39 is 16.4 Å². The molecule has 3 aliphatic rings. The van der Waals surface area contributed by atoms with Gasteiger partial charge in [0.05, 0.1) is 52.3 Å². The van der Waals surface area contributed by atoms with Crippen molar-refractivity contribution >= 4 is 0 Å². The average Bonchev–Trinajstić information content (AvgIpc) is 4.16. The Morgan fingerprint density at radius 3 is 1.31 bits per heavy atom. The van der Waals surface area contributed by atoms with Gasteiger partial charge in [-0.15, -0.1) is 22.3 Å². The molecule has 0 bridgehead atoms. The number of imidazole rings is 1. The predicted molar refractivity (Wildman–Crippen MR) is 270 cm³/mol. The van der Waals surface area contributed by atoms with E-state index in [2.05, 4.69) is 146 Å². The quantitative estimate of drug-likeness (QED) is 0.116. The molecule has 72 heavy (non-hydrogen) atoms. The first-order valence-corrected chi connectivity index (χ1v) is 23.8. The second kappa shape index (κ2) is 16.3. The van der Waals surface area contributed by atoms with E-state index in [4.69, 9.17) is 34.9 Å². The van der Waals surface area contributed by atoms with Gasteiger partial charge in [0.15, 0.2) is 0 Å². The summed E-state index contributed by atoms with van der Waals surface area (Å²) in [6, 6.07) is 57.4. The van der Waals surface area contributed by atoms with E-state index in [-0.39, 0.29) is 21.1 Å². The summed E-state index contributed by atoms with van der Waals surface area (Å²) in [7, 11) is 1.99. The fourth-order valence-corrected chi connectivity index (χ4v) is 12.4. The Balaban J connectivity index is 0.00000504. The van der Waals surface area contributed by atoms with Gasteiger partial charge >= 0.3 is 0 Å². The van der Waals surface area contributed by atoms with E-state index in [9.17, 15) is 0 Å². The average molecular weight is 1110 g/mol. The first-order valence-electron chi connectivity index (χ1n) is 23.8. The summed E-state index contributed by atoms with van der Waals surface area (Å²) in [6.07, 6.45) is 20.7. The van der Waals surface area contributed by atoms with Crippen molar-refractivity contribution in [3.05, 3.63) is 286 Å². The van der Waals surface area contributed by atoms with Crippen LogP contribution in [0.5, 0.6) is 0 Å². The van der Waals surface area contributed by atoms with E-state index in [0.29, 0.717) is 0 Å². The first kappa shape index (κ1) is 43.6. The molecule has 0 saturated carbocycles. The summed E-state index contributed by atoms with van der Waals surface area (Å²) < 4.78 is 4.10. The van der Waals surface area contributed by atoms with Crippen LogP contribution in [0.25, 0.3) is 45.3 Å². The summed E-state index contributed by atoms with van der Waals surface area (Å²) in [5.74, 6) is 0.